The van der Waals surface area contributed by atoms with Crippen LogP contribution in [0, 0.1) is 0 Å². The molecular weight excluding hydrogens is 366 g/mol. The first-order chi connectivity index (χ1) is 13.6. The van der Waals surface area contributed by atoms with Gasteiger partial charge in [-0.05, 0) is 71.2 Å². The van der Waals surface area contributed by atoms with Gasteiger partial charge in [-0.1, -0.05) is 27.7 Å². The molecule has 2 N–H and O–H groups in total. The number of nitrogens with one attached hydrogen (secondary N) is 1. The van der Waals surface area contributed by atoms with Gasteiger partial charge in [0.1, 0.15) is 5.75 Å². The minimum absolute atomic E-state index is 0.0767. The largest absolute Gasteiger partial charge is 0.496 e. The third-order valence-corrected chi connectivity index (χ3v) is 6.15. The van der Waals surface area contributed by atoms with Gasteiger partial charge in [0.25, 0.3) is 0 Å². The molecule has 0 amide bonds. The van der Waals surface area contributed by atoms with Crippen LogP contribution in [0.3, 0.4) is 0 Å². The molecule has 2 aromatic carbocycles. The molecule has 0 radical (unpaired) electrons. The van der Waals surface area contributed by atoms with Gasteiger partial charge < -0.3 is 19.9 Å². The van der Waals surface area contributed by atoms with E-state index in [2.05, 4.69) is 45.1 Å². The van der Waals surface area contributed by atoms with Crippen LogP contribution in [0.2, 0.25) is 0 Å². The minimum atomic E-state index is -0.943. The molecule has 0 saturated heterocycles. The third kappa shape index (κ3) is 4.10. The number of aromatic carboxylic acids is 1. The fourth-order valence-electron chi connectivity index (χ4n) is 4.12. The molecule has 0 heterocycles. The first kappa shape index (κ1) is 21.2. The molecule has 1 unspecified atom stereocenters. The van der Waals surface area contributed by atoms with Crippen molar-refractivity contribution in [2.75, 3.05) is 19.5 Å². The zero-order valence-corrected chi connectivity index (χ0v) is 18.1. The number of ether oxygens (including phenoxy) is 2. The molecule has 2 aromatic rings. The molecular formula is C24H31NO4. The Bertz CT molecular complexity index is 900. The maximum Gasteiger partial charge on any atom is 0.335 e. The Hall–Kier alpha value is -2.53. The van der Waals surface area contributed by atoms with Crippen molar-refractivity contribution in [3.05, 3.63) is 58.7 Å². The molecule has 0 saturated carbocycles. The third-order valence-electron chi connectivity index (χ3n) is 6.15. The van der Waals surface area contributed by atoms with Crippen molar-refractivity contribution in [1.29, 1.82) is 0 Å². The molecule has 1 aliphatic rings. The van der Waals surface area contributed by atoms with Gasteiger partial charge in [0.05, 0.1) is 12.7 Å². The number of rotatable bonds is 6. The Labute approximate surface area is 173 Å². The zero-order valence-electron chi connectivity index (χ0n) is 18.1. The van der Waals surface area contributed by atoms with E-state index in [4.69, 9.17) is 14.6 Å². The molecule has 1 aliphatic carbocycles. The highest BCUT2D eigenvalue weighted by atomic mass is 16.5. The summed E-state index contributed by atoms with van der Waals surface area (Å²) in [6.07, 6.45) is 1.84. The molecule has 5 heteroatoms. The van der Waals surface area contributed by atoms with Crippen LogP contribution in [0.5, 0.6) is 5.75 Å². The van der Waals surface area contributed by atoms with Crippen LogP contribution in [0.25, 0.3) is 0 Å². The lowest BCUT2D eigenvalue weighted by atomic mass is 9.63. The molecule has 0 aromatic heterocycles. The van der Waals surface area contributed by atoms with Gasteiger partial charge >= 0.3 is 5.97 Å². The first-order valence-corrected chi connectivity index (χ1v) is 9.94. The van der Waals surface area contributed by atoms with Gasteiger partial charge in [0.2, 0.25) is 0 Å². The van der Waals surface area contributed by atoms with Crippen molar-refractivity contribution in [3.8, 4) is 5.75 Å². The predicted molar refractivity (Wildman–Crippen MR) is 115 cm³/mol. The second kappa shape index (κ2) is 7.71. The molecule has 5 nitrogen and oxygen atoms in total. The maximum absolute atomic E-state index is 11.1. The SMILES string of the molecule is COc1cc2c(cc1C(Nc1ccc(C(=O)O)cc1)OC)C(C)(C)CCC2(C)C. The molecule has 156 valence electrons. The Morgan fingerprint density at radius 1 is 1.00 bits per heavy atom. The lowest BCUT2D eigenvalue weighted by Gasteiger charge is -2.42. The number of hydrogen-bond donors (Lipinski definition) is 2. The lowest BCUT2D eigenvalue weighted by molar-refractivity contribution is 0.0697. The van der Waals surface area contributed by atoms with E-state index in [0.717, 1.165) is 29.8 Å². The van der Waals surface area contributed by atoms with Gasteiger partial charge in [0.15, 0.2) is 6.23 Å². The molecule has 1 atom stereocenters. The molecule has 0 fully saturated rings. The summed E-state index contributed by atoms with van der Waals surface area (Å²) < 4.78 is 11.5. The van der Waals surface area contributed by atoms with Crippen LogP contribution in [0.1, 0.15) is 73.8 Å². The van der Waals surface area contributed by atoms with Gasteiger partial charge in [-0.2, -0.15) is 0 Å². The fraction of sp³-hybridized carbons (Fsp3) is 0.458. The number of carbonyl (C=O) groups is 1. The molecule has 0 bridgehead atoms. The minimum Gasteiger partial charge on any atom is -0.496 e. The van der Waals surface area contributed by atoms with Crippen LogP contribution in [-0.4, -0.2) is 25.3 Å². The van der Waals surface area contributed by atoms with E-state index in [1.807, 2.05) is 0 Å². The quantitative estimate of drug-likeness (QED) is 0.630. The molecule has 0 aliphatic heterocycles. The van der Waals surface area contributed by atoms with Crippen molar-refractivity contribution in [2.24, 2.45) is 0 Å². The number of carboxylic acid groups (broad SMARTS) is 1. The van der Waals surface area contributed by atoms with Crippen LogP contribution in [0.15, 0.2) is 36.4 Å². The monoisotopic (exact) mass is 397 g/mol. The number of anilines is 1. The molecule has 3 rings (SSSR count). The van der Waals surface area contributed by atoms with Crippen LogP contribution < -0.4 is 10.1 Å². The summed E-state index contributed by atoms with van der Waals surface area (Å²) >= 11 is 0. The summed E-state index contributed by atoms with van der Waals surface area (Å²) in [5.74, 6) is -0.155. The number of hydrogen-bond acceptors (Lipinski definition) is 4. The second-order valence-electron chi connectivity index (χ2n) is 9.05. The fourth-order valence-corrected chi connectivity index (χ4v) is 4.12. The van der Waals surface area contributed by atoms with E-state index < -0.39 is 12.2 Å². The Morgan fingerprint density at radius 3 is 2.03 bits per heavy atom. The second-order valence-corrected chi connectivity index (χ2v) is 9.05. The van der Waals surface area contributed by atoms with Crippen LogP contribution in [-0.2, 0) is 15.6 Å². The smallest absolute Gasteiger partial charge is 0.335 e. The normalized spacial score (nSPS) is 17.9. The summed E-state index contributed by atoms with van der Waals surface area (Å²) in [5.41, 5.74) is 4.79. The van der Waals surface area contributed by atoms with Crippen molar-refractivity contribution >= 4 is 11.7 Å². The molecule has 29 heavy (non-hydrogen) atoms. The summed E-state index contributed by atoms with van der Waals surface area (Å²) in [4.78, 5) is 11.1. The Morgan fingerprint density at radius 2 is 1.55 bits per heavy atom. The number of benzene rings is 2. The van der Waals surface area contributed by atoms with Crippen molar-refractivity contribution in [3.63, 3.8) is 0 Å². The van der Waals surface area contributed by atoms with Gasteiger partial charge in [-0.3, -0.25) is 0 Å². The highest BCUT2D eigenvalue weighted by Crippen LogP contribution is 2.48. The van der Waals surface area contributed by atoms with Gasteiger partial charge in [0, 0.05) is 18.4 Å². The van der Waals surface area contributed by atoms with Gasteiger partial charge in [-0.25, -0.2) is 4.79 Å². The number of fused-ring (bicyclic) bond motifs is 1. The van der Waals surface area contributed by atoms with E-state index in [1.165, 1.54) is 11.1 Å². The average Bonchev–Trinajstić information content (AvgIpc) is 2.69. The van der Waals surface area contributed by atoms with E-state index in [0.29, 0.717) is 0 Å². The first-order valence-electron chi connectivity index (χ1n) is 9.94. The highest BCUT2D eigenvalue weighted by Gasteiger charge is 2.38. The van der Waals surface area contributed by atoms with E-state index in [-0.39, 0.29) is 16.4 Å². The summed E-state index contributed by atoms with van der Waals surface area (Å²) in [5, 5.41) is 12.4. The van der Waals surface area contributed by atoms with Crippen molar-refractivity contribution < 1.29 is 19.4 Å². The average molecular weight is 398 g/mol. The topological polar surface area (TPSA) is 67.8 Å². The summed E-state index contributed by atoms with van der Waals surface area (Å²) in [6.45, 7) is 9.15. The van der Waals surface area contributed by atoms with E-state index >= 15 is 0 Å². The maximum atomic E-state index is 11.1. The Kier molecular flexibility index (Phi) is 5.63. The Balaban J connectivity index is 2.02. The van der Waals surface area contributed by atoms with Gasteiger partial charge in [-0.15, -0.1) is 0 Å². The molecule has 0 spiro atoms. The standard InChI is InChI=1S/C24H31NO4/c1-23(2)11-12-24(3,4)19-14-20(28-5)17(13-18(19)23)21(29-6)25-16-9-7-15(8-10-16)22(26)27/h7-10,13-14,21,25H,11-12H2,1-6H3,(H,26,27). The lowest BCUT2D eigenvalue weighted by Crippen LogP contribution is -2.34. The zero-order chi connectivity index (χ0) is 21.4. The number of carboxylic acids is 1. The number of methoxy groups -OCH3 is 2. The van der Waals surface area contributed by atoms with Crippen molar-refractivity contribution in [2.45, 2.75) is 57.6 Å². The predicted octanol–water partition coefficient (Wildman–Crippen LogP) is 5.50. The van der Waals surface area contributed by atoms with Crippen LogP contribution in [0.4, 0.5) is 5.69 Å². The van der Waals surface area contributed by atoms with E-state index in [1.54, 1.807) is 38.5 Å². The van der Waals surface area contributed by atoms with Crippen molar-refractivity contribution in [1.82, 2.24) is 0 Å². The summed E-state index contributed by atoms with van der Waals surface area (Å²) in [7, 11) is 3.33. The van der Waals surface area contributed by atoms with Crippen LogP contribution >= 0.6 is 0 Å². The summed E-state index contributed by atoms with van der Waals surface area (Å²) in [6, 6.07) is 11.0. The van der Waals surface area contributed by atoms with E-state index in [9.17, 15) is 4.79 Å². The highest BCUT2D eigenvalue weighted by molar-refractivity contribution is 5.88.